The van der Waals surface area contributed by atoms with E-state index in [1.54, 1.807) is 30.5 Å². The van der Waals surface area contributed by atoms with Crippen LogP contribution >= 0.6 is 0 Å². The summed E-state index contributed by atoms with van der Waals surface area (Å²) in [5.74, 6) is 0.440. The summed E-state index contributed by atoms with van der Waals surface area (Å²) in [6, 6.07) is 14.5. The van der Waals surface area contributed by atoms with E-state index in [0.717, 1.165) is 70.3 Å². The van der Waals surface area contributed by atoms with E-state index in [1.165, 1.54) is 6.07 Å². The summed E-state index contributed by atoms with van der Waals surface area (Å²) in [5, 5.41) is 7.07. The van der Waals surface area contributed by atoms with Gasteiger partial charge in [-0.1, -0.05) is 19.1 Å². The van der Waals surface area contributed by atoms with Gasteiger partial charge in [0, 0.05) is 57.2 Å². The van der Waals surface area contributed by atoms with Crippen molar-refractivity contribution in [2.75, 3.05) is 72.3 Å². The second-order valence-corrected chi connectivity index (χ2v) is 12.9. The van der Waals surface area contributed by atoms with E-state index < -0.39 is 10.0 Å². The van der Waals surface area contributed by atoms with Gasteiger partial charge in [-0.2, -0.15) is 9.97 Å². The van der Waals surface area contributed by atoms with Crippen molar-refractivity contribution in [2.24, 2.45) is 0 Å². The Labute approximate surface area is 251 Å². The number of H-pyrrole nitrogens is 1. The van der Waals surface area contributed by atoms with Gasteiger partial charge < -0.3 is 25.4 Å². The van der Waals surface area contributed by atoms with Crippen LogP contribution in [0.5, 0.6) is 0 Å². The second kappa shape index (κ2) is 12.3. The summed E-state index contributed by atoms with van der Waals surface area (Å²) in [6.45, 7) is 9.49. The summed E-state index contributed by atoms with van der Waals surface area (Å²) in [4.78, 5) is 19.5. The molecule has 0 amide bonds. The Morgan fingerprint density at radius 1 is 0.953 bits per heavy atom. The number of aromatic amines is 1. The van der Waals surface area contributed by atoms with Crippen LogP contribution in [-0.4, -0.2) is 91.3 Å². The Morgan fingerprint density at radius 3 is 2.40 bits per heavy atom. The molecule has 4 aromatic rings. The average Bonchev–Trinajstić information content (AvgIpc) is 3.47. The highest BCUT2D eigenvalue weighted by atomic mass is 32.2. The van der Waals surface area contributed by atoms with Crippen LogP contribution in [0.3, 0.4) is 0 Å². The molecule has 2 aliphatic rings. The largest absolute Gasteiger partial charge is 0.369 e. The van der Waals surface area contributed by atoms with Crippen LogP contribution in [0, 0.1) is 5.82 Å². The molecule has 4 heterocycles. The maximum Gasteiger partial charge on any atom is 0.231 e. The summed E-state index contributed by atoms with van der Waals surface area (Å²) >= 11 is 0. The second-order valence-electron chi connectivity index (χ2n) is 11.2. The fourth-order valence-electron chi connectivity index (χ4n) is 5.99. The zero-order valence-electron chi connectivity index (χ0n) is 24.5. The third kappa shape index (κ3) is 6.84. The molecule has 0 radical (unpaired) electrons. The molecule has 2 saturated heterocycles. The first-order valence-electron chi connectivity index (χ1n) is 14.7. The van der Waals surface area contributed by atoms with E-state index in [1.807, 2.05) is 18.2 Å². The minimum Gasteiger partial charge on any atom is -0.369 e. The standard InChI is InChI=1S/C30H38FN9O2S/c1-3-38-16-18-39(19-17-38)22-11-14-40(15-12-22)27-9-8-21(20-24(27)31)33-30-35-28-23(10-13-32-28)29(36-30)34-25-6-4-5-7-26(25)37-43(2,41)42/h4-10,13,20,22,37H,3,11-12,14-19H2,1-2H3,(H3,32,33,34,35,36). The van der Waals surface area contributed by atoms with Crippen LogP contribution < -0.4 is 20.3 Å². The highest BCUT2D eigenvalue weighted by Crippen LogP contribution is 2.32. The van der Waals surface area contributed by atoms with E-state index in [4.69, 9.17) is 0 Å². The van der Waals surface area contributed by atoms with Crippen LogP contribution in [0.2, 0.25) is 0 Å². The number of likely N-dealkylation sites (N-methyl/N-ethyl adjacent to an activating group) is 1. The van der Waals surface area contributed by atoms with Crippen molar-refractivity contribution in [1.82, 2.24) is 24.8 Å². The van der Waals surface area contributed by atoms with Crippen molar-refractivity contribution in [2.45, 2.75) is 25.8 Å². The number of aromatic nitrogens is 3. The summed E-state index contributed by atoms with van der Waals surface area (Å²) in [6.07, 6.45) is 4.92. The van der Waals surface area contributed by atoms with Gasteiger partial charge in [-0.25, -0.2) is 12.8 Å². The van der Waals surface area contributed by atoms with Gasteiger partial charge in [0.2, 0.25) is 16.0 Å². The number of nitrogens with zero attached hydrogens (tertiary/aromatic N) is 5. The van der Waals surface area contributed by atoms with E-state index in [-0.39, 0.29) is 11.8 Å². The number of hydrogen-bond donors (Lipinski definition) is 4. The lowest BCUT2D eigenvalue weighted by molar-refractivity contribution is 0.0878. The number of benzene rings is 2. The molecule has 0 atom stereocenters. The summed E-state index contributed by atoms with van der Waals surface area (Å²) < 4.78 is 41.7. The van der Waals surface area contributed by atoms with Gasteiger partial charge in [-0.15, -0.1) is 0 Å². The first-order valence-corrected chi connectivity index (χ1v) is 16.6. The van der Waals surface area contributed by atoms with Crippen LogP contribution in [0.1, 0.15) is 19.8 Å². The fraction of sp³-hybridized carbons (Fsp3) is 0.400. The first kappa shape index (κ1) is 29.1. The van der Waals surface area contributed by atoms with Gasteiger partial charge in [0.25, 0.3) is 0 Å². The maximum absolute atomic E-state index is 15.4. The molecule has 2 fully saturated rings. The number of nitrogens with one attached hydrogen (secondary N) is 4. The molecule has 0 spiro atoms. The fourth-order valence-corrected chi connectivity index (χ4v) is 6.57. The zero-order chi connectivity index (χ0) is 30.0. The number of fused-ring (bicyclic) bond motifs is 1. The minimum atomic E-state index is -3.48. The third-order valence-electron chi connectivity index (χ3n) is 8.27. The Bertz CT molecular complexity index is 1680. The van der Waals surface area contributed by atoms with E-state index in [2.05, 4.69) is 51.9 Å². The molecule has 6 rings (SSSR count). The molecule has 228 valence electrons. The Kier molecular flexibility index (Phi) is 8.37. The maximum atomic E-state index is 15.4. The lowest BCUT2D eigenvalue weighted by Crippen LogP contribution is -2.53. The Morgan fingerprint density at radius 2 is 1.70 bits per heavy atom. The quantitative estimate of drug-likeness (QED) is 0.217. The van der Waals surface area contributed by atoms with Gasteiger partial charge in [-0.3, -0.25) is 9.62 Å². The van der Waals surface area contributed by atoms with E-state index in [9.17, 15) is 8.42 Å². The van der Waals surface area contributed by atoms with E-state index in [0.29, 0.717) is 40.3 Å². The number of anilines is 6. The summed E-state index contributed by atoms with van der Waals surface area (Å²) in [5.41, 5.74) is 2.63. The highest BCUT2D eigenvalue weighted by molar-refractivity contribution is 7.92. The molecule has 43 heavy (non-hydrogen) atoms. The van der Waals surface area contributed by atoms with Crippen LogP contribution in [0.4, 0.5) is 38.9 Å². The van der Waals surface area contributed by atoms with Gasteiger partial charge in [0.05, 0.1) is 28.7 Å². The molecule has 0 bridgehead atoms. The molecule has 13 heteroatoms. The zero-order valence-corrected chi connectivity index (χ0v) is 25.3. The van der Waals surface area contributed by atoms with Gasteiger partial charge >= 0.3 is 0 Å². The van der Waals surface area contributed by atoms with Crippen LogP contribution in [-0.2, 0) is 10.0 Å². The van der Waals surface area contributed by atoms with E-state index >= 15 is 4.39 Å². The number of sulfonamides is 1. The normalized spacial score (nSPS) is 17.3. The molecular formula is C30H38FN9O2S. The van der Waals surface area contributed by atoms with Gasteiger partial charge in [0.1, 0.15) is 17.3 Å². The van der Waals surface area contributed by atoms with Crippen molar-refractivity contribution < 1.29 is 12.8 Å². The van der Waals surface area contributed by atoms with Crippen molar-refractivity contribution >= 4 is 55.6 Å². The smallest absolute Gasteiger partial charge is 0.231 e. The number of halogens is 1. The molecule has 0 saturated carbocycles. The van der Waals surface area contributed by atoms with Crippen LogP contribution in [0.15, 0.2) is 54.7 Å². The molecular weight excluding hydrogens is 569 g/mol. The SMILES string of the molecule is CCN1CCN(C2CCN(c3ccc(Nc4nc(Nc5ccccc5NS(C)(=O)=O)c5cc[nH]c5n4)cc3F)CC2)CC1. The topological polar surface area (TPSA) is 122 Å². The Hall–Kier alpha value is -3.94. The van der Waals surface area contributed by atoms with Crippen molar-refractivity contribution in [1.29, 1.82) is 0 Å². The van der Waals surface area contributed by atoms with Crippen LogP contribution in [0.25, 0.3) is 11.0 Å². The van der Waals surface area contributed by atoms with Gasteiger partial charge in [-0.05, 0) is 55.8 Å². The molecule has 0 aliphatic carbocycles. The molecule has 11 nitrogen and oxygen atoms in total. The van der Waals surface area contributed by atoms with Gasteiger partial charge in [0.15, 0.2) is 0 Å². The predicted octanol–water partition coefficient (Wildman–Crippen LogP) is 4.56. The number of hydrogen-bond acceptors (Lipinski definition) is 9. The molecule has 4 N–H and O–H groups in total. The van der Waals surface area contributed by atoms with Crippen molar-refractivity contribution in [3.8, 4) is 0 Å². The monoisotopic (exact) mass is 607 g/mol. The number of piperazine rings is 1. The molecule has 2 aliphatic heterocycles. The summed E-state index contributed by atoms with van der Waals surface area (Å²) in [7, 11) is -3.48. The molecule has 0 unspecified atom stereocenters. The minimum absolute atomic E-state index is 0.266. The molecule has 2 aromatic carbocycles. The van der Waals surface area contributed by atoms with Crippen molar-refractivity contribution in [3.05, 3.63) is 60.5 Å². The molecule has 2 aromatic heterocycles. The number of piperidine rings is 1. The predicted molar refractivity (Wildman–Crippen MR) is 171 cm³/mol. The Balaban J connectivity index is 1.15. The lowest BCUT2D eigenvalue weighted by atomic mass is 10.0. The number of rotatable bonds is 9. The lowest BCUT2D eigenvalue weighted by Gasteiger charge is -2.43. The van der Waals surface area contributed by atoms with Crippen molar-refractivity contribution in [3.63, 3.8) is 0 Å². The average molecular weight is 608 g/mol. The number of para-hydroxylation sites is 2. The first-order chi connectivity index (χ1) is 20.8. The highest BCUT2D eigenvalue weighted by Gasteiger charge is 2.28. The third-order valence-corrected chi connectivity index (χ3v) is 8.86.